The lowest BCUT2D eigenvalue weighted by Crippen LogP contribution is -2.37. The molecule has 0 saturated carbocycles. The number of rotatable bonds is 0. The van der Waals surface area contributed by atoms with Crippen LogP contribution in [0.5, 0.6) is 0 Å². The molecule has 2 aliphatic rings. The van der Waals surface area contributed by atoms with E-state index < -0.39 is 0 Å². The maximum atomic E-state index is 5.86. The minimum atomic E-state index is -0.333. The molecule has 0 radical (unpaired) electrons. The van der Waals surface area contributed by atoms with Crippen molar-refractivity contribution in [3.8, 4) is 0 Å². The lowest BCUT2D eigenvalue weighted by atomic mass is 9.84. The van der Waals surface area contributed by atoms with Gasteiger partial charge in [-0.25, -0.2) is 0 Å². The molecule has 19 heavy (non-hydrogen) atoms. The Morgan fingerprint density at radius 2 is 1.95 bits per heavy atom. The van der Waals surface area contributed by atoms with Crippen molar-refractivity contribution in [2.75, 3.05) is 13.2 Å². The first-order valence-corrected chi connectivity index (χ1v) is 7.06. The Morgan fingerprint density at radius 1 is 1.16 bits per heavy atom. The van der Waals surface area contributed by atoms with Gasteiger partial charge in [0.2, 0.25) is 0 Å². The molecule has 1 aromatic heterocycles. The van der Waals surface area contributed by atoms with Crippen molar-refractivity contribution in [2.45, 2.75) is 38.9 Å². The summed E-state index contributed by atoms with van der Waals surface area (Å²) >= 11 is 0. The zero-order chi connectivity index (χ0) is 13.0. The largest absolute Gasteiger partial charge is 0.358 e. The molecule has 1 saturated heterocycles. The molecule has 2 aromatic rings. The summed E-state index contributed by atoms with van der Waals surface area (Å²) < 4.78 is 11.7. The molecule has 0 bridgehead atoms. The highest BCUT2D eigenvalue weighted by atomic mass is 16.7. The fourth-order valence-corrected chi connectivity index (χ4v) is 3.60. The first kappa shape index (κ1) is 11.5. The Balaban J connectivity index is 1.87. The van der Waals surface area contributed by atoms with E-state index in [2.05, 4.69) is 31.0 Å². The van der Waals surface area contributed by atoms with E-state index in [1.807, 2.05) is 0 Å². The number of fused-ring (bicyclic) bond motifs is 3. The van der Waals surface area contributed by atoms with Crippen LogP contribution in [0.2, 0.25) is 0 Å². The highest BCUT2D eigenvalue weighted by molar-refractivity contribution is 5.89. The van der Waals surface area contributed by atoms with Crippen LogP contribution in [-0.2, 0) is 22.3 Å². The SMILES string of the molecule is Cc1[nH]c2ccc3c(c2c1C)CCC1(C3)OCCO1. The second-order valence-corrected chi connectivity index (χ2v) is 5.79. The van der Waals surface area contributed by atoms with Crippen LogP contribution >= 0.6 is 0 Å². The van der Waals surface area contributed by atoms with Gasteiger partial charge in [0.15, 0.2) is 5.79 Å². The smallest absolute Gasteiger partial charge is 0.172 e. The number of aromatic amines is 1. The minimum absolute atomic E-state index is 0.333. The van der Waals surface area contributed by atoms with Crippen LogP contribution in [0.1, 0.15) is 28.8 Å². The topological polar surface area (TPSA) is 34.2 Å². The molecular formula is C16H19NO2. The third kappa shape index (κ3) is 1.58. The van der Waals surface area contributed by atoms with Gasteiger partial charge in [-0.05, 0) is 43.0 Å². The van der Waals surface area contributed by atoms with Gasteiger partial charge >= 0.3 is 0 Å². The molecule has 3 nitrogen and oxygen atoms in total. The van der Waals surface area contributed by atoms with Crippen LogP contribution in [0, 0.1) is 13.8 Å². The van der Waals surface area contributed by atoms with Gasteiger partial charge in [-0.1, -0.05) is 6.07 Å². The first-order valence-electron chi connectivity index (χ1n) is 7.06. The maximum absolute atomic E-state index is 5.86. The van der Waals surface area contributed by atoms with E-state index in [0.717, 1.165) is 32.5 Å². The monoisotopic (exact) mass is 257 g/mol. The summed E-state index contributed by atoms with van der Waals surface area (Å²) in [5.41, 5.74) is 6.80. The third-order valence-electron chi connectivity index (χ3n) is 4.70. The van der Waals surface area contributed by atoms with Gasteiger partial charge < -0.3 is 14.5 Å². The van der Waals surface area contributed by atoms with Gasteiger partial charge in [0.1, 0.15) is 0 Å². The first-order chi connectivity index (χ1) is 9.19. The van der Waals surface area contributed by atoms with Crippen LogP contribution in [0.25, 0.3) is 10.9 Å². The molecular weight excluding hydrogens is 238 g/mol. The highest BCUT2D eigenvalue weighted by Gasteiger charge is 2.40. The quantitative estimate of drug-likeness (QED) is 0.787. The summed E-state index contributed by atoms with van der Waals surface area (Å²) in [5.74, 6) is -0.333. The van der Waals surface area contributed by atoms with Gasteiger partial charge in [0.25, 0.3) is 0 Å². The zero-order valence-corrected chi connectivity index (χ0v) is 11.5. The highest BCUT2D eigenvalue weighted by Crippen LogP contribution is 2.39. The van der Waals surface area contributed by atoms with E-state index in [1.165, 1.54) is 33.3 Å². The molecule has 4 rings (SSSR count). The lowest BCUT2D eigenvalue weighted by Gasteiger charge is -2.33. The molecule has 1 aromatic carbocycles. The van der Waals surface area contributed by atoms with E-state index in [-0.39, 0.29) is 5.79 Å². The summed E-state index contributed by atoms with van der Waals surface area (Å²) in [6, 6.07) is 4.43. The molecule has 1 aliphatic carbocycles. The lowest BCUT2D eigenvalue weighted by molar-refractivity contribution is -0.163. The second kappa shape index (κ2) is 3.84. The number of aryl methyl sites for hydroxylation is 3. The summed E-state index contributed by atoms with van der Waals surface area (Å²) in [4.78, 5) is 3.48. The van der Waals surface area contributed by atoms with E-state index in [9.17, 15) is 0 Å². The van der Waals surface area contributed by atoms with Crippen LogP contribution < -0.4 is 0 Å². The van der Waals surface area contributed by atoms with Crippen molar-refractivity contribution in [1.29, 1.82) is 0 Å². The average Bonchev–Trinajstić information content (AvgIpc) is 2.96. The Hall–Kier alpha value is -1.32. The number of aromatic nitrogens is 1. The summed E-state index contributed by atoms with van der Waals surface area (Å²) in [5, 5.41) is 1.42. The third-order valence-corrected chi connectivity index (χ3v) is 4.70. The van der Waals surface area contributed by atoms with E-state index in [4.69, 9.17) is 9.47 Å². The van der Waals surface area contributed by atoms with Crippen molar-refractivity contribution >= 4 is 10.9 Å². The number of benzene rings is 1. The fraction of sp³-hybridized carbons (Fsp3) is 0.500. The molecule has 3 heteroatoms. The molecule has 0 amide bonds. The van der Waals surface area contributed by atoms with Gasteiger partial charge in [-0.2, -0.15) is 0 Å². The second-order valence-electron chi connectivity index (χ2n) is 5.79. The molecule has 2 heterocycles. The number of ether oxygens (including phenoxy) is 2. The summed E-state index contributed by atoms with van der Waals surface area (Å²) in [7, 11) is 0. The molecule has 1 aliphatic heterocycles. The molecule has 1 spiro atoms. The molecule has 0 unspecified atom stereocenters. The minimum Gasteiger partial charge on any atom is -0.358 e. The predicted molar refractivity (Wildman–Crippen MR) is 74.4 cm³/mol. The van der Waals surface area contributed by atoms with Crippen molar-refractivity contribution in [2.24, 2.45) is 0 Å². The standard InChI is InChI=1S/C16H19NO2/c1-10-11(2)17-14-4-3-12-9-16(18-7-8-19-16)6-5-13(12)15(10)14/h3-4,17H,5-9H2,1-2H3. The summed E-state index contributed by atoms with van der Waals surface area (Å²) in [6.07, 6.45) is 2.91. The van der Waals surface area contributed by atoms with Crippen LogP contribution in [0.3, 0.4) is 0 Å². The van der Waals surface area contributed by atoms with Crippen molar-refractivity contribution < 1.29 is 9.47 Å². The number of nitrogens with one attached hydrogen (secondary N) is 1. The number of hydrogen-bond acceptors (Lipinski definition) is 2. The van der Waals surface area contributed by atoms with Gasteiger partial charge in [-0.3, -0.25) is 0 Å². The summed E-state index contributed by atoms with van der Waals surface area (Å²) in [6.45, 7) is 5.83. The maximum Gasteiger partial charge on any atom is 0.172 e. The number of H-pyrrole nitrogens is 1. The number of hydrogen-bond donors (Lipinski definition) is 1. The predicted octanol–water partition coefficient (Wildman–Crippen LogP) is 3.02. The van der Waals surface area contributed by atoms with Gasteiger partial charge in [0.05, 0.1) is 13.2 Å². The Morgan fingerprint density at radius 3 is 2.74 bits per heavy atom. The molecule has 1 N–H and O–H groups in total. The average molecular weight is 257 g/mol. The van der Waals surface area contributed by atoms with Crippen molar-refractivity contribution in [3.05, 3.63) is 34.5 Å². The van der Waals surface area contributed by atoms with Gasteiger partial charge in [-0.15, -0.1) is 0 Å². The van der Waals surface area contributed by atoms with E-state index in [0.29, 0.717) is 0 Å². The van der Waals surface area contributed by atoms with Crippen molar-refractivity contribution in [1.82, 2.24) is 4.98 Å². The van der Waals surface area contributed by atoms with E-state index >= 15 is 0 Å². The zero-order valence-electron chi connectivity index (χ0n) is 11.5. The Kier molecular flexibility index (Phi) is 2.32. The van der Waals surface area contributed by atoms with Gasteiger partial charge in [0, 0.05) is 29.4 Å². The van der Waals surface area contributed by atoms with E-state index in [1.54, 1.807) is 0 Å². The van der Waals surface area contributed by atoms with Crippen LogP contribution in [0.15, 0.2) is 12.1 Å². The molecule has 100 valence electrons. The molecule has 0 atom stereocenters. The fourth-order valence-electron chi connectivity index (χ4n) is 3.60. The molecule has 1 fully saturated rings. The normalized spacial score (nSPS) is 21.2. The van der Waals surface area contributed by atoms with Crippen LogP contribution in [-0.4, -0.2) is 24.0 Å². The Bertz CT molecular complexity index is 650. The Labute approximate surface area is 112 Å². The van der Waals surface area contributed by atoms with Crippen molar-refractivity contribution in [3.63, 3.8) is 0 Å². The van der Waals surface area contributed by atoms with Crippen LogP contribution in [0.4, 0.5) is 0 Å².